The molecule has 0 aliphatic rings. The number of rotatable bonds is 1. The molecule has 1 rings (SSSR count). The minimum Gasteiger partial charge on any atom is -0.363 e. The van der Waals surface area contributed by atoms with Crippen molar-refractivity contribution in [2.45, 2.75) is 13.2 Å². The maximum atomic E-state index is 8.69. The molecule has 0 bridgehead atoms. The molecule has 3 nitrogen and oxygen atoms in total. The predicted octanol–water partition coefficient (Wildman–Crippen LogP) is 1.20. The number of aliphatic hydroxyl groups is 2. The van der Waals surface area contributed by atoms with Crippen LogP contribution in [0.2, 0.25) is 0 Å². The normalized spacial score (nSPS) is 10.9. The first-order valence-corrected chi connectivity index (χ1v) is 4.21. The number of aromatic nitrogens is 1. The zero-order valence-corrected chi connectivity index (χ0v) is 7.61. The van der Waals surface area contributed by atoms with Crippen LogP contribution in [-0.2, 0) is 0 Å². The Hall–Kier alpha value is 0.0300. The number of hydrogen-bond donors (Lipinski definition) is 2. The molecule has 0 saturated carbocycles. The van der Waals surface area contributed by atoms with E-state index in [1.54, 1.807) is 6.92 Å². The zero-order valence-electron chi connectivity index (χ0n) is 5.21. The Balaban J connectivity index is 3.03. The second-order valence-electron chi connectivity index (χ2n) is 1.77. The molecule has 0 unspecified atom stereocenters. The highest BCUT2D eigenvalue weighted by Crippen LogP contribution is 2.27. The van der Waals surface area contributed by atoms with Gasteiger partial charge in [0.15, 0.2) is 6.29 Å². The van der Waals surface area contributed by atoms with Crippen molar-refractivity contribution in [3.05, 3.63) is 14.5 Å². The lowest BCUT2D eigenvalue weighted by Gasteiger charge is -1.96. The van der Waals surface area contributed by atoms with E-state index in [9.17, 15) is 0 Å². The topological polar surface area (TPSA) is 53.4 Å². The molecule has 0 atom stereocenters. The van der Waals surface area contributed by atoms with Gasteiger partial charge in [0.1, 0.15) is 5.69 Å². The van der Waals surface area contributed by atoms with Gasteiger partial charge in [-0.05, 0) is 22.9 Å². The van der Waals surface area contributed by atoms with E-state index in [-0.39, 0.29) is 0 Å². The summed E-state index contributed by atoms with van der Waals surface area (Å²) in [7, 11) is 0. The third kappa shape index (κ3) is 1.54. The van der Waals surface area contributed by atoms with Crippen LogP contribution >= 0.6 is 27.3 Å². The highest BCUT2D eigenvalue weighted by atomic mass is 79.9. The molecule has 0 fully saturated rings. The van der Waals surface area contributed by atoms with E-state index in [0.29, 0.717) is 9.48 Å². The number of nitrogens with zero attached hydrogens (tertiary/aromatic N) is 1. The van der Waals surface area contributed by atoms with Crippen molar-refractivity contribution < 1.29 is 10.2 Å². The number of aryl methyl sites for hydroxylation is 1. The van der Waals surface area contributed by atoms with Crippen LogP contribution in [0.25, 0.3) is 0 Å². The third-order valence-electron chi connectivity index (χ3n) is 0.961. The maximum absolute atomic E-state index is 8.69. The number of hydrogen-bond acceptors (Lipinski definition) is 4. The van der Waals surface area contributed by atoms with Crippen LogP contribution in [0, 0.1) is 6.92 Å². The van der Waals surface area contributed by atoms with Gasteiger partial charge in [-0.2, -0.15) is 0 Å². The molecule has 10 heavy (non-hydrogen) atoms. The van der Waals surface area contributed by atoms with E-state index in [2.05, 4.69) is 20.9 Å². The Morgan fingerprint density at radius 3 is 2.40 bits per heavy atom. The van der Waals surface area contributed by atoms with Gasteiger partial charge in [0.05, 0.1) is 8.79 Å². The number of aliphatic hydroxyl groups excluding tert-OH is 1. The first-order valence-electron chi connectivity index (χ1n) is 2.60. The molecule has 56 valence electrons. The van der Waals surface area contributed by atoms with Crippen molar-refractivity contribution >= 4 is 27.3 Å². The predicted molar refractivity (Wildman–Crippen MR) is 41.7 cm³/mol. The highest BCUT2D eigenvalue weighted by molar-refractivity contribution is 9.11. The van der Waals surface area contributed by atoms with Crippen molar-refractivity contribution in [2.75, 3.05) is 0 Å². The summed E-state index contributed by atoms with van der Waals surface area (Å²) in [6.07, 6.45) is -1.47. The molecule has 1 aromatic heterocycles. The van der Waals surface area contributed by atoms with Crippen LogP contribution < -0.4 is 0 Å². The summed E-state index contributed by atoms with van der Waals surface area (Å²) in [6, 6.07) is 0. The molecular weight excluding hydrogens is 218 g/mol. The molecule has 0 aromatic carbocycles. The second kappa shape index (κ2) is 2.96. The SMILES string of the molecule is Cc1nc(C(O)O)c(Br)s1. The Labute approximate surface area is 70.5 Å². The van der Waals surface area contributed by atoms with Crippen molar-refractivity contribution in [3.8, 4) is 0 Å². The van der Waals surface area contributed by atoms with Gasteiger partial charge in [0.2, 0.25) is 0 Å². The Morgan fingerprint density at radius 1 is 1.60 bits per heavy atom. The van der Waals surface area contributed by atoms with E-state index >= 15 is 0 Å². The summed E-state index contributed by atoms with van der Waals surface area (Å²) < 4.78 is 0.681. The smallest absolute Gasteiger partial charge is 0.198 e. The van der Waals surface area contributed by atoms with Crippen molar-refractivity contribution in [1.82, 2.24) is 4.98 Å². The number of halogens is 1. The van der Waals surface area contributed by atoms with Crippen LogP contribution in [0.3, 0.4) is 0 Å². The molecule has 0 spiro atoms. The summed E-state index contributed by atoms with van der Waals surface area (Å²) >= 11 is 4.54. The quantitative estimate of drug-likeness (QED) is 0.704. The van der Waals surface area contributed by atoms with E-state index in [4.69, 9.17) is 10.2 Å². The number of thiazole rings is 1. The molecule has 0 amide bonds. The summed E-state index contributed by atoms with van der Waals surface area (Å²) in [4.78, 5) is 3.88. The standard InChI is InChI=1S/C5H6BrNO2S/c1-2-7-3(5(8)9)4(6)10-2/h5,8-9H,1H3. The fraction of sp³-hybridized carbons (Fsp3) is 0.400. The van der Waals surface area contributed by atoms with Crippen LogP contribution in [0.1, 0.15) is 17.0 Å². The molecule has 0 radical (unpaired) electrons. The lowest BCUT2D eigenvalue weighted by molar-refractivity contribution is -0.0459. The van der Waals surface area contributed by atoms with Gasteiger partial charge in [0.25, 0.3) is 0 Å². The van der Waals surface area contributed by atoms with Gasteiger partial charge in [-0.15, -0.1) is 11.3 Å². The van der Waals surface area contributed by atoms with Gasteiger partial charge in [-0.1, -0.05) is 0 Å². The first-order chi connectivity index (χ1) is 4.61. The molecule has 1 heterocycles. The van der Waals surface area contributed by atoms with Gasteiger partial charge in [-0.25, -0.2) is 4.98 Å². The van der Waals surface area contributed by atoms with E-state index in [0.717, 1.165) is 5.01 Å². The maximum Gasteiger partial charge on any atom is 0.198 e. The zero-order chi connectivity index (χ0) is 7.72. The largest absolute Gasteiger partial charge is 0.363 e. The summed E-state index contributed by atoms with van der Waals surface area (Å²) in [5.74, 6) is 0. The van der Waals surface area contributed by atoms with Crippen LogP contribution in [0.5, 0.6) is 0 Å². The molecular formula is C5H6BrNO2S. The highest BCUT2D eigenvalue weighted by Gasteiger charge is 2.11. The minimum absolute atomic E-state index is 0.294. The molecule has 0 saturated heterocycles. The van der Waals surface area contributed by atoms with Crippen LogP contribution in [0.15, 0.2) is 3.79 Å². The summed E-state index contributed by atoms with van der Waals surface area (Å²) in [5.41, 5.74) is 0.294. The molecule has 0 aliphatic carbocycles. The minimum atomic E-state index is -1.47. The van der Waals surface area contributed by atoms with E-state index in [1.165, 1.54) is 11.3 Å². The molecule has 0 aliphatic heterocycles. The van der Waals surface area contributed by atoms with Crippen molar-refractivity contribution in [2.24, 2.45) is 0 Å². The Morgan fingerprint density at radius 2 is 2.20 bits per heavy atom. The lowest BCUT2D eigenvalue weighted by atomic mass is 10.5. The van der Waals surface area contributed by atoms with Crippen molar-refractivity contribution in [3.63, 3.8) is 0 Å². The van der Waals surface area contributed by atoms with Crippen molar-refractivity contribution in [1.29, 1.82) is 0 Å². The van der Waals surface area contributed by atoms with Gasteiger partial charge in [-0.3, -0.25) is 0 Å². The molecule has 5 heteroatoms. The summed E-state index contributed by atoms with van der Waals surface area (Å²) in [5, 5.41) is 18.2. The second-order valence-corrected chi connectivity index (χ2v) is 4.29. The van der Waals surface area contributed by atoms with Crippen LogP contribution in [0.4, 0.5) is 0 Å². The Kier molecular flexibility index (Phi) is 2.40. The molecule has 1 aromatic rings. The van der Waals surface area contributed by atoms with Gasteiger partial charge < -0.3 is 10.2 Å². The van der Waals surface area contributed by atoms with E-state index < -0.39 is 6.29 Å². The average Bonchev–Trinajstić information content (AvgIpc) is 2.10. The average molecular weight is 224 g/mol. The lowest BCUT2D eigenvalue weighted by Crippen LogP contribution is -1.95. The van der Waals surface area contributed by atoms with Gasteiger partial charge in [0, 0.05) is 0 Å². The van der Waals surface area contributed by atoms with E-state index in [1.807, 2.05) is 0 Å². The Bertz CT molecular complexity index is 236. The monoisotopic (exact) mass is 223 g/mol. The fourth-order valence-electron chi connectivity index (χ4n) is 0.578. The third-order valence-corrected chi connectivity index (χ3v) is 2.63. The fourth-order valence-corrected chi connectivity index (χ4v) is 2.23. The summed E-state index contributed by atoms with van der Waals surface area (Å²) in [6.45, 7) is 1.81. The first kappa shape index (κ1) is 8.13. The molecule has 2 N–H and O–H groups in total. The van der Waals surface area contributed by atoms with Crippen LogP contribution in [-0.4, -0.2) is 15.2 Å². The van der Waals surface area contributed by atoms with Gasteiger partial charge >= 0.3 is 0 Å².